The Morgan fingerprint density at radius 3 is 2.54 bits per heavy atom. The van der Waals surface area contributed by atoms with Crippen molar-refractivity contribution in [1.82, 2.24) is 10.2 Å². The Labute approximate surface area is 156 Å². The van der Waals surface area contributed by atoms with Crippen LogP contribution in [0.2, 0.25) is 0 Å². The number of thioether (sulfide) groups is 1. The van der Waals surface area contributed by atoms with Gasteiger partial charge in [0.05, 0.1) is 11.3 Å². The fraction of sp³-hybridized carbons (Fsp3) is 0.611. The minimum Gasteiger partial charge on any atom is -0.369 e. The number of amides is 1. The van der Waals surface area contributed by atoms with Gasteiger partial charge in [0.1, 0.15) is 4.99 Å². The van der Waals surface area contributed by atoms with Crippen LogP contribution in [-0.2, 0) is 11.0 Å². The highest BCUT2D eigenvalue weighted by molar-refractivity contribution is 8.01. The smallest absolute Gasteiger partial charge is 0.369 e. The summed E-state index contributed by atoms with van der Waals surface area (Å²) in [5.74, 6) is 0.531. The van der Waals surface area contributed by atoms with Crippen molar-refractivity contribution < 1.29 is 18.0 Å². The van der Waals surface area contributed by atoms with E-state index in [1.54, 1.807) is 17.8 Å². The fourth-order valence-electron chi connectivity index (χ4n) is 3.56. The summed E-state index contributed by atoms with van der Waals surface area (Å²) in [4.78, 5) is 15.7. The maximum absolute atomic E-state index is 12.9. The van der Waals surface area contributed by atoms with Gasteiger partial charge in [-0.3, -0.25) is 9.69 Å². The molecular formula is C18H24F3N3OS. The molecule has 2 fully saturated rings. The van der Waals surface area contributed by atoms with E-state index < -0.39 is 11.7 Å². The van der Waals surface area contributed by atoms with Crippen molar-refractivity contribution in [1.29, 1.82) is 0 Å². The monoisotopic (exact) mass is 387 g/mol. The van der Waals surface area contributed by atoms with E-state index in [9.17, 15) is 18.0 Å². The fourth-order valence-corrected chi connectivity index (χ4v) is 4.84. The van der Waals surface area contributed by atoms with E-state index >= 15 is 0 Å². The van der Waals surface area contributed by atoms with Gasteiger partial charge >= 0.3 is 6.18 Å². The van der Waals surface area contributed by atoms with Crippen LogP contribution in [0.5, 0.6) is 0 Å². The van der Waals surface area contributed by atoms with Crippen LogP contribution >= 0.6 is 11.8 Å². The molecule has 0 spiro atoms. The minimum absolute atomic E-state index is 0.0615. The highest BCUT2D eigenvalue weighted by Gasteiger charge is 2.44. The molecule has 2 heterocycles. The van der Waals surface area contributed by atoms with Gasteiger partial charge in [0.15, 0.2) is 0 Å². The topological polar surface area (TPSA) is 35.6 Å². The number of rotatable bonds is 5. The number of halogens is 3. The highest BCUT2D eigenvalue weighted by Crippen LogP contribution is 2.37. The molecule has 1 amide bonds. The Morgan fingerprint density at radius 2 is 1.96 bits per heavy atom. The number of nitrogens with zero attached hydrogens (tertiary/aromatic N) is 2. The number of benzene rings is 1. The molecule has 3 rings (SSSR count). The van der Waals surface area contributed by atoms with Crippen LogP contribution in [0, 0.1) is 0 Å². The van der Waals surface area contributed by atoms with Crippen LogP contribution in [0.3, 0.4) is 0 Å². The van der Waals surface area contributed by atoms with Crippen LogP contribution < -0.4 is 10.2 Å². The number of hydrogen-bond acceptors (Lipinski definition) is 4. The number of piperazine rings is 1. The zero-order chi connectivity index (χ0) is 18.8. The second-order valence-corrected chi connectivity index (χ2v) is 8.00. The van der Waals surface area contributed by atoms with Crippen molar-refractivity contribution in [2.45, 2.75) is 37.4 Å². The first kappa shape index (κ1) is 19.4. The van der Waals surface area contributed by atoms with Crippen molar-refractivity contribution in [3.05, 3.63) is 29.8 Å². The number of alkyl halides is 3. The normalized spacial score (nSPS) is 24.8. The molecule has 1 atom stereocenters. The number of carbonyl (C=O) groups excluding carboxylic acids is 1. The summed E-state index contributed by atoms with van der Waals surface area (Å²) < 4.78 is 38.8. The molecule has 1 N–H and O–H groups in total. The van der Waals surface area contributed by atoms with Crippen molar-refractivity contribution in [3.63, 3.8) is 0 Å². The van der Waals surface area contributed by atoms with Crippen molar-refractivity contribution >= 4 is 23.4 Å². The second-order valence-electron chi connectivity index (χ2n) is 6.75. The Bertz CT molecular complexity index is 647. The Kier molecular flexibility index (Phi) is 5.72. The van der Waals surface area contributed by atoms with E-state index in [1.807, 2.05) is 4.90 Å². The van der Waals surface area contributed by atoms with Crippen LogP contribution in [0.1, 0.15) is 31.7 Å². The standard InChI is InChI=1S/C18H24F3N3OS/c1-2-3-7-17(22-16(25)13-26-17)24-10-8-23(9-11-24)15-6-4-5-14(12-15)18(19,20)21/h4-6,12H,2-3,7-11,13H2,1H3,(H,22,25). The van der Waals surface area contributed by atoms with E-state index in [4.69, 9.17) is 0 Å². The van der Waals surface area contributed by atoms with Crippen molar-refractivity contribution in [2.24, 2.45) is 0 Å². The van der Waals surface area contributed by atoms with Gasteiger partial charge in [-0.15, -0.1) is 11.8 Å². The summed E-state index contributed by atoms with van der Waals surface area (Å²) in [5, 5.41) is 3.14. The summed E-state index contributed by atoms with van der Waals surface area (Å²) in [6.45, 7) is 4.85. The number of unbranched alkanes of at least 4 members (excludes halogenated alkanes) is 1. The lowest BCUT2D eigenvalue weighted by molar-refractivity contribution is -0.137. The van der Waals surface area contributed by atoms with Gasteiger partial charge < -0.3 is 10.2 Å². The first-order valence-electron chi connectivity index (χ1n) is 8.96. The molecule has 1 aromatic carbocycles. The molecule has 144 valence electrons. The number of anilines is 1. The number of carbonyl (C=O) groups is 1. The molecule has 0 aromatic heterocycles. The molecular weight excluding hydrogens is 363 g/mol. The zero-order valence-electron chi connectivity index (χ0n) is 14.8. The van der Waals surface area contributed by atoms with Gasteiger partial charge in [0, 0.05) is 31.9 Å². The van der Waals surface area contributed by atoms with Gasteiger partial charge in [-0.05, 0) is 31.0 Å². The quantitative estimate of drug-likeness (QED) is 0.838. The lowest BCUT2D eigenvalue weighted by Gasteiger charge is -2.45. The molecule has 2 saturated heterocycles. The van der Waals surface area contributed by atoms with Crippen LogP contribution in [0.4, 0.5) is 18.9 Å². The molecule has 2 aliphatic heterocycles. The second kappa shape index (κ2) is 7.68. The zero-order valence-corrected chi connectivity index (χ0v) is 15.6. The summed E-state index contributed by atoms with van der Waals surface area (Å²) in [7, 11) is 0. The SMILES string of the molecule is CCCCC1(N2CCN(c3cccc(C(F)(F)F)c3)CC2)NC(=O)CS1. The van der Waals surface area contributed by atoms with Crippen LogP contribution in [0.15, 0.2) is 24.3 Å². The largest absolute Gasteiger partial charge is 0.416 e. The molecule has 2 aliphatic rings. The number of nitrogens with one attached hydrogen (secondary N) is 1. The lowest BCUT2D eigenvalue weighted by atomic mass is 10.1. The molecule has 26 heavy (non-hydrogen) atoms. The third-order valence-corrected chi connectivity index (χ3v) is 6.42. The van der Waals surface area contributed by atoms with E-state index in [1.165, 1.54) is 12.1 Å². The maximum atomic E-state index is 12.9. The predicted octanol–water partition coefficient (Wildman–Crippen LogP) is 3.53. The first-order valence-corrected chi connectivity index (χ1v) is 9.95. The third-order valence-electron chi connectivity index (χ3n) is 4.98. The molecule has 1 aromatic rings. The Balaban J connectivity index is 1.68. The van der Waals surface area contributed by atoms with Gasteiger partial charge in [0.25, 0.3) is 0 Å². The highest BCUT2D eigenvalue weighted by atomic mass is 32.2. The van der Waals surface area contributed by atoms with E-state index in [0.717, 1.165) is 25.3 Å². The van der Waals surface area contributed by atoms with E-state index in [2.05, 4.69) is 17.1 Å². The molecule has 8 heteroatoms. The summed E-state index contributed by atoms with van der Waals surface area (Å²) in [5.41, 5.74) is -0.0133. The predicted molar refractivity (Wildman–Crippen MR) is 98.1 cm³/mol. The Hall–Kier alpha value is -1.41. The van der Waals surface area contributed by atoms with Gasteiger partial charge in [0.2, 0.25) is 5.91 Å². The molecule has 0 bridgehead atoms. The molecule has 0 aliphatic carbocycles. The van der Waals surface area contributed by atoms with Gasteiger partial charge in [-0.1, -0.05) is 19.4 Å². The molecule has 0 radical (unpaired) electrons. The minimum atomic E-state index is -4.33. The average molecular weight is 387 g/mol. The molecule has 4 nitrogen and oxygen atoms in total. The third kappa shape index (κ3) is 4.11. The van der Waals surface area contributed by atoms with Crippen LogP contribution in [-0.4, -0.2) is 47.7 Å². The number of hydrogen-bond donors (Lipinski definition) is 1. The van der Waals surface area contributed by atoms with Crippen molar-refractivity contribution in [3.8, 4) is 0 Å². The first-order chi connectivity index (χ1) is 12.3. The Morgan fingerprint density at radius 1 is 1.23 bits per heavy atom. The van der Waals surface area contributed by atoms with Crippen molar-refractivity contribution in [2.75, 3.05) is 36.8 Å². The maximum Gasteiger partial charge on any atom is 0.416 e. The summed E-state index contributed by atoms with van der Waals surface area (Å²) in [6.07, 6.45) is -1.35. The van der Waals surface area contributed by atoms with Gasteiger partial charge in [-0.2, -0.15) is 13.2 Å². The summed E-state index contributed by atoms with van der Waals surface area (Å²) >= 11 is 1.65. The average Bonchev–Trinajstić information content (AvgIpc) is 3.02. The summed E-state index contributed by atoms with van der Waals surface area (Å²) in [6, 6.07) is 5.50. The van der Waals surface area contributed by atoms with Crippen LogP contribution in [0.25, 0.3) is 0 Å². The molecule has 1 unspecified atom stereocenters. The van der Waals surface area contributed by atoms with Gasteiger partial charge in [-0.25, -0.2) is 0 Å². The lowest BCUT2D eigenvalue weighted by Crippen LogP contribution is -2.60. The van der Waals surface area contributed by atoms with E-state index in [-0.39, 0.29) is 10.9 Å². The molecule has 0 saturated carbocycles. The van der Waals surface area contributed by atoms with E-state index in [0.29, 0.717) is 37.6 Å².